The first-order valence-electron chi connectivity index (χ1n) is 9.68. The summed E-state index contributed by atoms with van der Waals surface area (Å²) in [6.07, 6.45) is 3.62. The molecule has 6 heteroatoms. The number of nitrogens with one attached hydrogen (secondary N) is 2. The Bertz CT molecular complexity index is 656. The van der Waals surface area contributed by atoms with E-state index >= 15 is 0 Å². The molecule has 2 N–H and O–H groups in total. The molecular formula is C20H29N4O2+. The zero-order valence-corrected chi connectivity index (χ0v) is 15.6. The molecule has 6 nitrogen and oxygen atoms in total. The van der Waals surface area contributed by atoms with Gasteiger partial charge in [-0.1, -0.05) is 12.1 Å². The molecular weight excluding hydrogens is 328 g/mol. The average Bonchev–Trinajstić information content (AvgIpc) is 3.12. The Morgan fingerprint density at radius 1 is 1.31 bits per heavy atom. The minimum atomic E-state index is -0.616. The summed E-state index contributed by atoms with van der Waals surface area (Å²) in [7, 11) is 0. The van der Waals surface area contributed by atoms with Gasteiger partial charge in [0.05, 0.1) is 44.5 Å². The summed E-state index contributed by atoms with van der Waals surface area (Å²) in [6, 6.07) is 10.5. The standard InChI is InChI=1S/C20H28N4O2/c1-2-26-18-8-4-3-7-17(18)24-13-11-23(12-14-24)15-19(25)22-20(16-21)9-5-6-10-20/h3-4,7-8H,2,5-6,9-15H2,1H3,(H,22,25)/p+1. The van der Waals surface area contributed by atoms with Crippen LogP contribution in [0.3, 0.4) is 0 Å². The summed E-state index contributed by atoms with van der Waals surface area (Å²) in [6.45, 7) is 6.72. The van der Waals surface area contributed by atoms with Crippen molar-refractivity contribution in [3.63, 3.8) is 0 Å². The van der Waals surface area contributed by atoms with Crippen LogP contribution in [-0.2, 0) is 4.79 Å². The number of carbonyl (C=O) groups excluding carboxylic acids is 1. The maximum Gasteiger partial charge on any atom is 0.276 e. The predicted molar refractivity (Wildman–Crippen MR) is 100 cm³/mol. The molecule has 1 saturated heterocycles. The molecule has 0 unspecified atom stereocenters. The van der Waals surface area contributed by atoms with Crippen molar-refractivity contribution in [2.45, 2.75) is 38.1 Å². The maximum atomic E-state index is 12.4. The number of para-hydroxylation sites is 2. The van der Waals surface area contributed by atoms with Crippen LogP contribution in [-0.4, -0.2) is 50.8 Å². The number of hydrogen-bond acceptors (Lipinski definition) is 4. The third-order valence-electron chi connectivity index (χ3n) is 5.44. The van der Waals surface area contributed by atoms with Gasteiger partial charge in [0.1, 0.15) is 11.3 Å². The molecule has 0 radical (unpaired) electrons. The van der Waals surface area contributed by atoms with Gasteiger partial charge in [-0.3, -0.25) is 4.79 Å². The molecule has 1 aliphatic heterocycles. The molecule has 3 rings (SSSR count). The van der Waals surface area contributed by atoms with E-state index in [0.29, 0.717) is 13.2 Å². The van der Waals surface area contributed by atoms with Crippen LogP contribution < -0.4 is 19.9 Å². The quantitative estimate of drug-likeness (QED) is 0.788. The third-order valence-corrected chi connectivity index (χ3v) is 5.44. The normalized spacial score (nSPS) is 19.8. The number of ether oxygens (including phenoxy) is 1. The smallest absolute Gasteiger partial charge is 0.276 e. The van der Waals surface area contributed by atoms with E-state index in [1.807, 2.05) is 25.1 Å². The average molecular weight is 357 g/mol. The molecule has 0 atom stereocenters. The number of quaternary nitrogens is 1. The Balaban J connectivity index is 1.51. The van der Waals surface area contributed by atoms with Crippen LogP contribution in [0.15, 0.2) is 24.3 Å². The molecule has 1 aromatic rings. The summed E-state index contributed by atoms with van der Waals surface area (Å²) in [5.41, 5.74) is 0.515. The van der Waals surface area contributed by atoms with Gasteiger partial charge >= 0.3 is 0 Å². The zero-order chi connectivity index (χ0) is 18.4. The van der Waals surface area contributed by atoms with Crippen molar-refractivity contribution in [2.24, 2.45) is 0 Å². The van der Waals surface area contributed by atoms with E-state index in [-0.39, 0.29) is 5.91 Å². The van der Waals surface area contributed by atoms with Crippen LogP contribution >= 0.6 is 0 Å². The highest BCUT2D eigenvalue weighted by molar-refractivity contribution is 5.78. The summed E-state index contributed by atoms with van der Waals surface area (Å²) < 4.78 is 5.74. The maximum absolute atomic E-state index is 12.4. The Morgan fingerprint density at radius 2 is 2.00 bits per heavy atom. The van der Waals surface area contributed by atoms with Gasteiger partial charge in [0, 0.05) is 0 Å². The zero-order valence-electron chi connectivity index (χ0n) is 15.6. The first-order valence-corrected chi connectivity index (χ1v) is 9.68. The van der Waals surface area contributed by atoms with Crippen molar-refractivity contribution >= 4 is 11.6 Å². The van der Waals surface area contributed by atoms with Gasteiger partial charge in [0.2, 0.25) is 0 Å². The number of piperazine rings is 1. The Kier molecular flexibility index (Phi) is 6.00. The van der Waals surface area contributed by atoms with Crippen molar-refractivity contribution in [2.75, 3.05) is 44.2 Å². The largest absolute Gasteiger partial charge is 0.492 e. The van der Waals surface area contributed by atoms with E-state index in [1.165, 1.54) is 4.90 Å². The van der Waals surface area contributed by atoms with Crippen LogP contribution in [0, 0.1) is 11.3 Å². The number of benzene rings is 1. The minimum Gasteiger partial charge on any atom is -0.492 e. The monoisotopic (exact) mass is 357 g/mol. The Hall–Kier alpha value is -2.26. The molecule has 26 heavy (non-hydrogen) atoms. The lowest BCUT2D eigenvalue weighted by Crippen LogP contribution is -3.16. The lowest BCUT2D eigenvalue weighted by atomic mass is 10.00. The molecule has 0 bridgehead atoms. The first-order chi connectivity index (χ1) is 12.7. The number of nitrogens with zero attached hydrogens (tertiary/aromatic N) is 2. The number of nitriles is 1. The van der Waals surface area contributed by atoms with Gasteiger partial charge in [0.25, 0.3) is 5.91 Å². The highest BCUT2D eigenvalue weighted by Gasteiger charge is 2.36. The van der Waals surface area contributed by atoms with Gasteiger partial charge in [-0.2, -0.15) is 5.26 Å². The second-order valence-corrected chi connectivity index (χ2v) is 7.26. The van der Waals surface area contributed by atoms with E-state index in [9.17, 15) is 10.1 Å². The molecule has 2 fully saturated rings. The molecule has 0 aromatic heterocycles. The van der Waals surface area contributed by atoms with Crippen LogP contribution in [0.2, 0.25) is 0 Å². The SMILES string of the molecule is CCOc1ccccc1N1CC[NH+](CC(=O)NC2(C#N)CCCC2)CC1. The van der Waals surface area contributed by atoms with Crippen molar-refractivity contribution < 1.29 is 14.4 Å². The third kappa shape index (κ3) is 4.28. The van der Waals surface area contributed by atoms with Crippen LogP contribution in [0.5, 0.6) is 5.75 Å². The first kappa shape index (κ1) is 18.5. The van der Waals surface area contributed by atoms with Crippen LogP contribution in [0.1, 0.15) is 32.6 Å². The number of amides is 1. The molecule has 1 aromatic carbocycles. The van der Waals surface area contributed by atoms with E-state index in [1.54, 1.807) is 0 Å². The van der Waals surface area contributed by atoms with Gasteiger partial charge in [-0.05, 0) is 44.7 Å². The van der Waals surface area contributed by atoms with Crippen LogP contribution in [0.25, 0.3) is 0 Å². The van der Waals surface area contributed by atoms with E-state index in [0.717, 1.165) is 63.3 Å². The van der Waals surface area contributed by atoms with Gasteiger partial charge in [0.15, 0.2) is 6.54 Å². The predicted octanol–water partition coefficient (Wildman–Crippen LogP) is 0.743. The highest BCUT2D eigenvalue weighted by Crippen LogP contribution is 2.29. The fourth-order valence-corrected chi connectivity index (χ4v) is 4.02. The number of carbonyl (C=O) groups is 1. The molecule has 1 amide bonds. The fourth-order valence-electron chi connectivity index (χ4n) is 4.02. The van der Waals surface area contributed by atoms with Crippen LogP contribution in [0.4, 0.5) is 5.69 Å². The van der Waals surface area contributed by atoms with Gasteiger partial charge < -0.3 is 19.9 Å². The summed E-state index contributed by atoms with van der Waals surface area (Å²) in [5.74, 6) is 0.931. The van der Waals surface area contributed by atoms with Crippen molar-refractivity contribution in [3.05, 3.63) is 24.3 Å². The molecule has 1 saturated carbocycles. The topological polar surface area (TPSA) is 69.8 Å². The number of rotatable bonds is 6. The van der Waals surface area contributed by atoms with Crippen molar-refractivity contribution in [1.29, 1.82) is 5.26 Å². The van der Waals surface area contributed by atoms with E-state index in [4.69, 9.17) is 4.74 Å². The molecule has 1 heterocycles. The summed E-state index contributed by atoms with van der Waals surface area (Å²) >= 11 is 0. The summed E-state index contributed by atoms with van der Waals surface area (Å²) in [5, 5.41) is 12.4. The Morgan fingerprint density at radius 3 is 2.65 bits per heavy atom. The van der Waals surface area contributed by atoms with E-state index < -0.39 is 5.54 Å². The second-order valence-electron chi connectivity index (χ2n) is 7.26. The lowest BCUT2D eigenvalue weighted by Gasteiger charge is -2.34. The fraction of sp³-hybridized carbons (Fsp3) is 0.600. The van der Waals surface area contributed by atoms with Gasteiger partial charge in [-0.15, -0.1) is 0 Å². The summed E-state index contributed by atoms with van der Waals surface area (Å²) in [4.78, 5) is 16.0. The number of anilines is 1. The molecule has 2 aliphatic rings. The van der Waals surface area contributed by atoms with Gasteiger partial charge in [-0.25, -0.2) is 0 Å². The van der Waals surface area contributed by atoms with E-state index in [2.05, 4.69) is 22.4 Å². The van der Waals surface area contributed by atoms with Crippen molar-refractivity contribution in [3.8, 4) is 11.8 Å². The Labute approximate surface area is 155 Å². The highest BCUT2D eigenvalue weighted by atomic mass is 16.5. The molecule has 1 aliphatic carbocycles. The molecule has 0 spiro atoms. The number of hydrogen-bond donors (Lipinski definition) is 2. The van der Waals surface area contributed by atoms with Crippen molar-refractivity contribution in [1.82, 2.24) is 5.32 Å². The minimum absolute atomic E-state index is 0.00613. The lowest BCUT2D eigenvalue weighted by molar-refractivity contribution is -0.892. The second kappa shape index (κ2) is 8.41. The molecule has 140 valence electrons.